The SMILES string of the molecule is CS(=O)(=O)c1ccc(CNC(=O)c2nc3c(s2)CN(Cc2ccc(C#N)cc2)C3)cc1. The van der Waals surface area contributed by atoms with Crippen molar-refractivity contribution in [2.45, 2.75) is 31.1 Å². The number of hydrogen-bond acceptors (Lipinski definition) is 7. The number of benzene rings is 2. The van der Waals surface area contributed by atoms with E-state index in [0.29, 0.717) is 23.7 Å². The first-order valence-electron chi connectivity index (χ1n) is 9.59. The minimum Gasteiger partial charge on any atom is -0.346 e. The lowest BCUT2D eigenvalue weighted by Gasteiger charge is -2.14. The average molecular weight is 453 g/mol. The van der Waals surface area contributed by atoms with Gasteiger partial charge in [0.2, 0.25) is 0 Å². The topological polar surface area (TPSA) is 103 Å². The van der Waals surface area contributed by atoms with Crippen LogP contribution in [0.3, 0.4) is 0 Å². The molecule has 158 valence electrons. The number of aromatic nitrogens is 1. The van der Waals surface area contributed by atoms with Gasteiger partial charge in [-0.25, -0.2) is 13.4 Å². The average Bonchev–Trinajstić information content (AvgIpc) is 3.31. The molecule has 0 atom stereocenters. The van der Waals surface area contributed by atoms with Crippen molar-refractivity contribution in [3.63, 3.8) is 0 Å². The standard InChI is InChI=1S/C22H20N4O3S2/c1-31(28,29)18-8-6-16(7-9-18)11-24-21(27)22-25-19-13-26(14-20(19)30-22)12-17-4-2-15(10-23)3-5-17/h2-9H,11-14H2,1H3,(H,24,27). The van der Waals surface area contributed by atoms with Crippen LogP contribution in [0.4, 0.5) is 0 Å². The van der Waals surface area contributed by atoms with Gasteiger partial charge in [-0.2, -0.15) is 5.26 Å². The summed E-state index contributed by atoms with van der Waals surface area (Å²) in [5, 5.41) is 12.2. The zero-order valence-corrected chi connectivity index (χ0v) is 18.5. The summed E-state index contributed by atoms with van der Waals surface area (Å²) >= 11 is 1.40. The minimum absolute atomic E-state index is 0.231. The molecule has 0 saturated heterocycles. The van der Waals surface area contributed by atoms with Gasteiger partial charge in [-0.05, 0) is 35.4 Å². The second-order valence-corrected chi connectivity index (χ2v) is 10.5. The number of hydrogen-bond donors (Lipinski definition) is 1. The Balaban J connectivity index is 1.32. The molecule has 1 N–H and O–H groups in total. The number of nitrogens with zero attached hydrogens (tertiary/aromatic N) is 3. The van der Waals surface area contributed by atoms with Gasteiger partial charge >= 0.3 is 0 Å². The molecule has 0 saturated carbocycles. The predicted octanol–water partition coefficient (Wildman–Crippen LogP) is 2.86. The predicted molar refractivity (Wildman–Crippen MR) is 117 cm³/mol. The maximum absolute atomic E-state index is 12.5. The summed E-state index contributed by atoms with van der Waals surface area (Å²) < 4.78 is 23.0. The molecule has 31 heavy (non-hydrogen) atoms. The molecule has 7 nitrogen and oxygen atoms in total. The molecule has 3 aromatic rings. The molecule has 0 unspecified atom stereocenters. The third-order valence-corrected chi connectivity index (χ3v) is 7.22. The molecule has 0 bridgehead atoms. The van der Waals surface area contributed by atoms with Crippen molar-refractivity contribution in [2.75, 3.05) is 6.26 Å². The Hall–Kier alpha value is -3.06. The van der Waals surface area contributed by atoms with Crippen LogP contribution < -0.4 is 5.32 Å². The summed E-state index contributed by atoms with van der Waals surface area (Å²) in [6.07, 6.45) is 1.16. The van der Waals surface area contributed by atoms with Crippen LogP contribution >= 0.6 is 11.3 Å². The first-order chi connectivity index (χ1) is 14.8. The summed E-state index contributed by atoms with van der Waals surface area (Å²) in [6.45, 7) is 2.50. The zero-order valence-electron chi connectivity index (χ0n) is 16.8. The molecule has 2 heterocycles. The van der Waals surface area contributed by atoms with E-state index in [9.17, 15) is 13.2 Å². The maximum atomic E-state index is 12.5. The van der Waals surface area contributed by atoms with Crippen molar-refractivity contribution in [2.24, 2.45) is 0 Å². The van der Waals surface area contributed by atoms with Gasteiger partial charge in [-0.15, -0.1) is 11.3 Å². The van der Waals surface area contributed by atoms with Gasteiger partial charge in [-0.3, -0.25) is 9.69 Å². The number of nitrogens with one attached hydrogen (secondary N) is 1. The minimum atomic E-state index is -3.23. The second-order valence-electron chi connectivity index (χ2n) is 7.44. The van der Waals surface area contributed by atoms with Crippen LogP contribution in [0.5, 0.6) is 0 Å². The Morgan fingerprint density at radius 1 is 1.13 bits per heavy atom. The Bertz CT molecular complexity index is 1230. The molecule has 1 aliphatic heterocycles. The van der Waals surface area contributed by atoms with Gasteiger partial charge in [-0.1, -0.05) is 24.3 Å². The van der Waals surface area contributed by atoms with E-state index in [1.165, 1.54) is 23.5 Å². The Kier molecular flexibility index (Phi) is 5.87. The van der Waals surface area contributed by atoms with Gasteiger partial charge in [0, 0.05) is 37.3 Å². The number of sulfone groups is 1. The zero-order chi connectivity index (χ0) is 22.0. The van der Waals surface area contributed by atoms with Gasteiger partial charge < -0.3 is 5.32 Å². The summed E-state index contributed by atoms with van der Waals surface area (Å²) in [5.41, 5.74) is 3.53. The van der Waals surface area contributed by atoms with Gasteiger partial charge in [0.25, 0.3) is 5.91 Å². The van der Waals surface area contributed by atoms with E-state index in [1.54, 1.807) is 12.1 Å². The highest BCUT2D eigenvalue weighted by Crippen LogP contribution is 2.29. The Morgan fingerprint density at radius 2 is 1.81 bits per heavy atom. The number of thiazole rings is 1. The Labute approximate surface area is 184 Å². The van der Waals surface area contributed by atoms with Crippen LogP contribution in [0.1, 0.15) is 37.1 Å². The van der Waals surface area contributed by atoms with E-state index in [1.807, 2.05) is 24.3 Å². The van der Waals surface area contributed by atoms with Crippen LogP contribution in [0, 0.1) is 11.3 Å². The first kappa shape index (κ1) is 21.2. The number of fused-ring (bicyclic) bond motifs is 1. The van der Waals surface area contributed by atoms with Crippen LogP contribution in [0.2, 0.25) is 0 Å². The molecule has 1 amide bonds. The fourth-order valence-electron chi connectivity index (χ4n) is 3.37. The molecule has 0 radical (unpaired) electrons. The number of carbonyl (C=O) groups excluding carboxylic acids is 1. The highest BCUT2D eigenvalue weighted by molar-refractivity contribution is 7.90. The quantitative estimate of drug-likeness (QED) is 0.617. The van der Waals surface area contributed by atoms with Gasteiger partial charge in [0.15, 0.2) is 14.8 Å². The fourth-order valence-corrected chi connectivity index (χ4v) is 5.03. The largest absolute Gasteiger partial charge is 0.346 e. The summed E-state index contributed by atoms with van der Waals surface area (Å²) in [5.74, 6) is -0.231. The fraction of sp³-hybridized carbons (Fsp3) is 0.227. The molecular weight excluding hydrogens is 432 g/mol. The lowest BCUT2D eigenvalue weighted by atomic mass is 10.1. The molecule has 4 rings (SSSR count). The Morgan fingerprint density at radius 3 is 2.42 bits per heavy atom. The van der Waals surface area contributed by atoms with Crippen molar-refractivity contribution in [3.05, 3.63) is 80.8 Å². The lowest BCUT2D eigenvalue weighted by molar-refractivity contribution is 0.0950. The van der Waals surface area contributed by atoms with Crippen molar-refractivity contribution in [3.8, 4) is 6.07 Å². The van der Waals surface area contributed by atoms with Crippen molar-refractivity contribution < 1.29 is 13.2 Å². The number of carbonyl (C=O) groups is 1. The molecule has 0 spiro atoms. The third-order valence-electron chi connectivity index (χ3n) is 5.01. The van der Waals surface area contributed by atoms with Gasteiger partial charge in [0.05, 0.1) is 22.2 Å². The maximum Gasteiger partial charge on any atom is 0.280 e. The van der Waals surface area contributed by atoms with Crippen LogP contribution in [-0.4, -0.2) is 30.5 Å². The summed E-state index contributed by atoms with van der Waals surface area (Å²) in [4.78, 5) is 20.6. The van der Waals surface area contributed by atoms with E-state index in [4.69, 9.17) is 5.26 Å². The normalized spacial score (nSPS) is 13.5. The van der Waals surface area contributed by atoms with Crippen molar-refractivity contribution in [1.82, 2.24) is 15.2 Å². The summed E-state index contributed by atoms with van der Waals surface area (Å²) in [7, 11) is -3.23. The van der Waals surface area contributed by atoms with Crippen molar-refractivity contribution in [1.29, 1.82) is 5.26 Å². The summed E-state index contributed by atoms with van der Waals surface area (Å²) in [6, 6.07) is 16.1. The van der Waals surface area contributed by atoms with E-state index in [2.05, 4.69) is 21.3 Å². The number of nitriles is 1. The third kappa shape index (κ3) is 4.99. The highest BCUT2D eigenvalue weighted by atomic mass is 32.2. The molecule has 9 heteroatoms. The monoisotopic (exact) mass is 452 g/mol. The van der Waals surface area contributed by atoms with E-state index >= 15 is 0 Å². The molecule has 1 aromatic heterocycles. The number of amides is 1. The molecular formula is C22H20N4O3S2. The molecule has 2 aromatic carbocycles. The lowest BCUT2D eigenvalue weighted by Crippen LogP contribution is -2.23. The molecule has 0 aliphatic carbocycles. The van der Waals surface area contributed by atoms with Gasteiger partial charge in [0.1, 0.15) is 0 Å². The van der Waals surface area contributed by atoms with E-state index < -0.39 is 9.84 Å². The first-order valence-corrected chi connectivity index (χ1v) is 12.3. The van der Waals surface area contributed by atoms with Crippen LogP contribution in [0.15, 0.2) is 53.4 Å². The molecule has 0 fully saturated rings. The van der Waals surface area contributed by atoms with Crippen LogP contribution in [0.25, 0.3) is 0 Å². The highest BCUT2D eigenvalue weighted by Gasteiger charge is 2.25. The van der Waals surface area contributed by atoms with Crippen molar-refractivity contribution >= 4 is 27.1 Å². The second kappa shape index (κ2) is 8.59. The van der Waals surface area contributed by atoms with E-state index in [-0.39, 0.29) is 10.8 Å². The smallest absolute Gasteiger partial charge is 0.280 e. The van der Waals surface area contributed by atoms with Crippen LogP contribution in [-0.2, 0) is 36.0 Å². The van der Waals surface area contributed by atoms with E-state index in [0.717, 1.165) is 41.0 Å². The molecule has 1 aliphatic rings. The number of rotatable bonds is 6.